The summed E-state index contributed by atoms with van der Waals surface area (Å²) in [6.07, 6.45) is 4.57. The lowest BCUT2D eigenvalue weighted by molar-refractivity contribution is 0.591. The number of rotatable bonds is 4. The van der Waals surface area contributed by atoms with Crippen molar-refractivity contribution < 1.29 is 8.42 Å². The summed E-state index contributed by atoms with van der Waals surface area (Å²) < 4.78 is 26.6. The first kappa shape index (κ1) is 13.9. The Balaban J connectivity index is 1.79. The number of nitrogens with zero attached hydrogens (tertiary/aromatic N) is 2. The molecule has 0 atom stereocenters. The van der Waals surface area contributed by atoms with Crippen molar-refractivity contribution in [3.8, 4) is 0 Å². The van der Waals surface area contributed by atoms with Crippen molar-refractivity contribution in [3.05, 3.63) is 53.9 Å². The summed E-state index contributed by atoms with van der Waals surface area (Å²) in [5, 5.41) is 0. The number of aromatic nitrogens is 1. The second-order valence-electron chi connectivity index (χ2n) is 5.13. The first-order chi connectivity index (χ1) is 10.1. The molecule has 0 fully saturated rings. The highest BCUT2D eigenvalue weighted by molar-refractivity contribution is 7.92. The van der Waals surface area contributed by atoms with Gasteiger partial charge in [-0.05, 0) is 48.2 Å². The molecule has 1 aromatic heterocycles. The Hall–Kier alpha value is -2.08. The first-order valence-electron chi connectivity index (χ1n) is 6.84. The van der Waals surface area contributed by atoms with Crippen LogP contribution in [0.25, 0.3) is 0 Å². The molecule has 0 radical (unpaired) electrons. The highest BCUT2D eigenvalue weighted by Crippen LogP contribution is 2.32. The van der Waals surface area contributed by atoms with Crippen LogP contribution in [-0.2, 0) is 22.9 Å². The van der Waals surface area contributed by atoms with E-state index in [4.69, 9.17) is 5.73 Å². The predicted octanol–water partition coefficient (Wildman–Crippen LogP) is 1.60. The third kappa shape index (κ3) is 2.85. The normalized spacial score (nSPS) is 14.2. The first-order valence-corrected chi connectivity index (χ1v) is 8.45. The smallest absolute Gasteiger partial charge is 0.235 e. The number of nitrogen functional groups attached to an aromatic ring is 1. The van der Waals surface area contributed by atoms with Gasteiger partial charge in [0.25, 0.3) is 0 Å². The van der Waals surface area contributed by atoms with Crippen molar-refractivity contribution in [2.45, 2.75) is 12.8 Å². The lowest BCUT2D eigenvalue weighted by Gasteiger charge is -2.19. The largest absolute Gasteiger partial charge is 0.399 e. The van der Waals surface area contributed by atoms with Gasteiger partial charge in [-0.1, -0.05) is 6.07 Å². The second kappa shape index (κ2) is 5.37. The molecule has 0 bridgehead atoms. The molecule has 110 valence electrons. The molecular weight excluding hydrogens is 286 g/mol. The van der Waals surface area contributed by atoms with Gasteiger partial charge in [0.1, 0.15) is 0 Å². The van der Waals surface area contributed by atoms with Crippen LogP contribution >= 0.6 is 0 Å². The number of fused-ring (bicyclic) bond motifs is 1. The zero-order valence-electron chi connectivity index (χ0n) is 11.6. The Morgan fingerprint density at radius 1 is 1.19 bits per heavy atom. The average molecular weight is 303 g/mol. The summed E-state index contributed by atoms with van der Waals surface area (Å²) in [5.74, 6) is 0.0885. The molecule has 3 rings (SSSR count). The molecular formula is C15H17N3O2S. The van der Waals surface area contributed by atoms with E-state index >= 15 is 0 Å². The zero-order chi connectivity index (χ0) is 14.9. The minimum atomic E-state index is -3.33. The molecule has 1 aromatic carbocycles. The molecule has 2 aromatic rings. The van der Waals surface area contributed by atoms with Gasteiger partial charge in [0.15, 0.2) is 0 Å². The predicted molar refractivity (Wildman–Crippen MR) is 83.6 cm³/mol. The minimum absolute atomic E-state index is 0.0885. The Morgan fingerprint density at radius 3 is 2.71 bits per heavy atom. The van der Waals surface area contributed by atoms with Crippen LogP contribution in [0.15, 0.2) is 42.7 Å². The van der Waals surface area contributed by atoms with Gasteiger partial charge in [-0.3, -0.25) is 9.29 Å². The SMILES string of the molecule is Nc1ccc2c(c1)N(S(=O)(=O)CCc1ccncc1)CC2. The van der Waals surface area contributed by atoms with E-state index in [2.05, 4.69) is 4.98 Å². The van der Waals surface area contributed by atoms with Crippen LogP contribution in [-0.4, -0.2) is 25.7 Å². The number of aryl methyl sites for hydroxylation is 1. The zero-order valence-corrected chi connectivity index (χ0v) is 12.4. The maximum atomic E-state index is 12.5. The third-order valence-corrected chi connectivity index (χ3v) is 5.47. The quantitative estimate of drug-likeness (QED) is 0.870. The summed E-state index contributed by atoms with van der Waals surface area (Å²) >= 11 is 0. The fourth-order valence-corrected chi connectivity index (χ4v) is 4.12. The molecule has 2 N–H and O–H groups in total. The highest BCUT2D eigenvalue weighted by Gasteiger charge is 2.29. The Bertz CT molecular complexity index is 745. The van der Waals surface area contributed by atoms with Crippen LogP contribution in [0.5, 0.6) is 0 Å². The fourth-order valence-electron chi connectivity index (χ4n) is 2.56. The fraction of sp³-hybridized carbons (Fsp3) is 0.267. The number of anilines is 2. The van der Waals surface area contributed by atoms with E-state index in [0.29, 0.717) is 18.7 Å². The van der Waals surface area contributed by atoms with Gasteiger partial charge in [0, 0.05) is 24.6 Å². The maximum Gasteiger partial charge on any atom is 0.235 e. The van der Waals surface area contributed by atoms with Gasteiger partial charge < -0.3 is 5.73 Å². The Kier molecular flexibility index (Phi) is 3.55. The molecule has 0 saturated carbocycles. The van der Waals surface area contributed by atoms with Gasteiger partial charge in [-0.2, -0.15) is 0 Å². The van der Waals surface area contributed by atoms with Crippen molar-refractivity contribution in [1.82, 2.24) is 4.98 Å². The van der Waals surface area contributed by atoms with Crippen molar-refractivity contribution in [1.29, 1.82) is 0 Å². The van der Waals surface area contributed by atoms with Crippen LogP contribution < -0.4 is 10.0 Å². The van der Waals surface area contributed by atoms with E-state index in [1.807, 2.05) is 24.3 Å². The van der Waals surface area contributed by atoms with Crippen molar-refractivity contribution in [3.63, 3.8) is 0 Å². The summed E-state index contributed by atoms with van der Waals surface area (Å²) in [6, 6.07) is 9.14. The minimum Gasteiger partial charge on any atom is -0.399 e. The number of nitrogens with two attached hydrogens (primary N) is 1. The second-order valence-corrected chi connectivity index (χ2v) is 7.14. The van der Waals surface area contributed by atoms with Crippen molar-refractivity contribution >= 4 is 21.4 Å². The van der Waals surface area contributed by atoms with Crippen LogP contribution in [0.2, 0.25) is 0 Å². The van der Waals surface area contributed by atoms with Crippen LogP contribution in [0, 0.1) is 0 Å². The van der Waals surface area contributed by atoms with Crippen LogP contribution in [0.1, 0.15) is 11.1 Å². The lowest BCUT2D eigenvalue weighted by atomic mass is 10.1. The molecule has 2 heterocycles. The van der Waals surface area contributed by atoms with E-state index < -0.39 is 10.0 Å². The summed E-state index contributed by atoms with van der Waals surface area (Å²) in [7, 11) is -3.33. The topological polar surface area (TPSA) is 76.3 Å². The molecule has 0 unspecified atom stereocenters. The third-order valence-electron chi connectivity index (χ3n) is 3.70. The summed E-state index contributed by atoms with van der Waals surface area (Å²) in [6.45, 7) is 0.497. The van der Waals surface area contributed by atoms with E-state index in [1.54, 1.807) is 18.5 Å². The number of pyridine rings is 1. The number of hydrogen-bond donors (Lipinski definition) is 1. The molecule has 6 heteroatoms. The molecule has 1 aliphatic heterocycles. The molecule has 5 nitrogen and oxygen atoms in total. The van der Waals surface area contributed by atoms with E-state index in [1.165, 1.54) is 4.31 Å². The molecule has 0 amide bonds. The van der Waals surface area contributed by atoms with E-state index in [0.717, 1.165) is 23.2 Å². The average Bonchev–Trinajstić information content (AvgIpc) is 2.90. The van der Waals surface area contributed by atoms with Crippen molar-refractivity contribution in [2.24, 2.45) is 0 Å². The summed E-state index contributed by atoms with van der Waals surface area (Å²) in [5.41, 5.74) is 9.10. The van der Waals surface area contributed by atoms with Gasteiger partial charge in [-0.25, -0.2) is 8.42 Å². The lowest BCUT2D eigenvalue weighted by Crippen LogP contribution is -2.32. The van der Waals surface area contributed by atoms with Gasteiger partial charge in [0.2, 0.25) is 10.0 Å². The molecule has 0 saturated heterocycles. The standard InChI is InChI=1S/C15H17N3O2S/c16-14-2-1-13-5-9-18(15(13)11-14)21(19,20)10-6-12-3-7-17-8-4-12/h1-4,7-8,11H,5-6,9-10,16H2. The Morgan fingerprint density at radius 2 is 1.95 bits per heavy atom. The summed E-state index contributed by atoms with van der Waals surface area (Å²) in [4.78, 5) is 3.93. The monoisotopic (exact) mass is 303 g/mol. The van der Waals surface area contributed by atoms with Gasteiger partial charge >= 0.3 is 0 Å². The van der Waals surface area contributed by atoms with Gasteiger partial charge in [-0.15, -0.1) is 0 Å². The van der Waals surface area contributed by atoms with Crippen LogP contribution in [0.3, 0.4) is 0 Å². The van der Waals surface area contributed by atoms with E-state index in [-0.39, 0.29) is 5.75 Å². The number of hydrogen-bond acceptors (Lipinski definition) is 4. The number of benzene rings is 1. The van der Waals surface area contributed by atoms with Crippen LogP contribution in [0.4, 0.5) is 11.4 Å². The number of sulfonamides is 1. The van der Waals surface area contributed by atoms with E-state index in [9.17, 15) is 8.42 Å². The molecule has 0 spiro atoms. The molecule has 0 aliphatic carbocycles. The Labute approximate surface area is 124 Å². The highest BCUT2D eigenvalue weighted by atomic mass is 32.2. The molecule has 1 aliphatic rings. The van der Waals surface area contributed by atoms with Crippen molar-refractivity contribution in [2.75, 3.05) is 22.3 Å². The molecule has 21 heavy (non-hydrogen) atoms. The van der Waals surface area contributed by atoms with Gasteiger partial charge in [0.05, 0.1) is 11.4 Å². The maximum absolute atomic E-state index is 12.5.